The number of sulfonamides is 1. The van der Waals surface area contributed by atoms with Gasteiger partial charge in [0.25, 0.3) is 0 Å². The van der Waals surface area contributed by atoms with E-state index in [1.165, 1.54) is 7.11 Å². The molecule has 0 atom stereocenters. The molecular formula is C18H21N3O3S. The number of aromatic nitrogens is 2. The van der Waals surface area contributed by atoms with Crippen molar-refractivity contribution in [3.05, 3.63) is 53.9 Å². The highest BCUT2D eigenvalue weighted by Gasteiger charge is 2.20. The van der Waals surface area contributed by atoms with Crippen LogP contribution in [0.2, 0.25) is 0 Å². The zero-order valence-corrected chi connectivity index (χ0v) is 15.3. The minimum Gasteiger partial charge on any atom is -0.495 e. The van der Waals surface area contributed by atoms with Crippen LogP contribution < -0.4 is 9.46 Å². The fourth-order valence-corrected chi connectivity index (χ4v) is 4.08. The van der Waals surface area contributed by atoms with Crippen molar-refractivity contribution in [2.45, 2.75) is 31.8 Å². The molecule has 0 spiro atoms. The first-order valence-electron chi connectivity index (χ1n) is 8.04. The summed E-state index contributed by atoms with van der Waals surface area (Å²) in [7, 11) is -2.26. The molecule has 0 bridgehead atoms. The smallest absolute Gasteiger partial charge is 0.244 e. The zero-order valence-electron chi connectivity index (χ0n) is 14.5. The van der Waals surface area contributed by atoms with Gasteiger partial charge in [0.15, 0.2) is 0 Å². The van der Waals surface area contributed by atoms with Gasteiger partial charge in [-0.2, -0.15) is 0 Å². The lowest BCUT2D eigenvalue weighted by molar-refractivity contribution is 0.402. The lowest BCUT2D eigenvalue weighted by Crippen LogP contribution is -2.25. The number of aryl methyl sites for hydroxylation is 2. The molecule has 6 nitrogen and oxygen atoms in total. The predicted octanol–water partition coefficient (Wildman–Crippen LogP) is 2.85. The molecular weight excluding hydrogens is 338 g/mol. The molecule has 7 heteroatoms. The van der Waals surface area contributed by atoms with E-state index in [2.05, 4.69) is 9.71 Å². The van der Waals surface area contributed by atoms with E-state index >= 15 is 0 Å². The third kappa shape index (κ3) is 3.38. The maximum atomic E-state index is 12.7. The molecule has 3 aromatic rings. The number of ether oxygens (including phenoxy) is 1. The number of hydrogen-bond acceptors (Lipinski definition) is 4. The molecule has 132 valence electrons. The van der Waals surface area contributed by atoms with Gasteiger partial charge in [-0.15, -0.1) is 0 Å². The summed E-state index contributed by atoms with van der Waals surface area (Å²) in [5.41, 5.74) is 2.70. The molecule has 0 saturated heterocycles. The third-order valence-corrected chi connectivity index (χ3v) is 5.50. The molecule has 1 heterocycles. The Bertz CT molecular complexity index is 1010. The van der Waals surface area contributed by atoms with Crippen molar-refractivity contribution in [2.24, 2.45) is 0 Å². The number of hydrogen-bond donors (Lipinski definition) is 1. The van der Waals surface area contributed by atoms with Crippen LogP contribution in [0.5, 0.6) is 5.75 Å². The SMILES string of the molecule is CCn1c(CNS(=O)(=O)c2cc(C)ccc2OC)nc2ccccc21. The number of nitrogens with zero attached hydrogens (tertiary/aromatic N) is 2. The highest BCUT2D eigenvalue weighted by Crippen LogP contribution is 2.25. The van der Waals surface area contributed by atoms with Crippen LogP contribution >= 0.6 is 0 Å². The number of imidazole rings is 1. The average Bonchev–Trinajstić information content (AvgIpc) is 2.97. The van der Waals surface area contributed by atoms with Gasteiger partial charge in [0.05, 0.1) is 24.7 Å². The third-order valence-electron chi connectivity index (χ3n) is 4.08. The molecule has 0 aliphatic rings. The molecule has 3 rings (SSSR count). The second-order valence-electron chi connectivity index (χ2n) is 5.74. The van der Waals surface area contributed by atoms with Crippen LogP contribution in [0.3, 0.4) is 0 Å². The summed E-state index contributed by atoms with van der Waals surface area (Å²) in [5.74, 6) is 1.00. The molecule has 1 aromatic heterocycles. The maximum Gasteiger partial charge on any atom is 0.244 e. The van der Waals surface area contributed by atoms with Crippen molar-refractivity contribution < 1.29 is 13.2 Å². The van der Waals surface area contributed by atoms with E-state index in [1.54, 1.807) is 12.1 Å². The zero-order chi connectivity index (χ0) is 18.0. The van der Waals surface area contributed by atoms with Crippen LogP contribution in [0.1, 0.15) is 18.3 Å². The Morgan fingerprint density at radius 2 is 1.96 bits per heavy atom. The number of nitrogens with one attached hydrogen (secondary N) is 1. The average molecular weight is 359 g/mol. The van der Waals surface area contributed by atoms with Crippen molar-refractivity contribution >= 4 is 21.1 Å². The number of methoxy groups -OCH3 is 1. The minimum absolute atomic E-state index is 0.113. The number of rotatable bonds is 6. The first-order chi connectivity index (χ1) is 12.0. The van der Waals surface area contributed by atoms with Crippen LogP contribution in [-0.2, 0) is 23.1 Å². The molecule has 25 heavy (non-hydrogen) atoms. The van der Waals surface area contributed by atoms with Crippen molar-refractivity contribution in [1.29, 1.82) is 0 Å². The first-order valence-corrected chi connectivity index (χ1v) is 9.53. The molecule has 0 fully saturated rings. The van der Waals surface area contributed by atoms with E-state index in [0.717, 1.165) is 16.6 Å². The van der Waals surface area contributed by atoms with Crippen LogP contribution in [0, 0.1) is 6.92 Å². The van der Waals surface area contributed by atoms with Gasteiger partial charge < -0.3 is 9.30 Å². The predicted molar refractivity (Wildman–Crippen MR) is 97.2 cm³/mol. The molecule has 0 unspecified atom stereocenters. The van der Waals surface area contributed by atoms with Crippen molar-refractivity contribution in [3.63, 3.8) is 0 Å². The first kappa shape index (κ1) is 17.4. The summed E-state index contributed by atoms with van der Waals surface area (Å²) in [6.07, 6.45) is 0. The molecule has 0 amide bonds. The molecule has 0 radical (unpaired) electrons. The summed E-state index contributed by atoms with van der Waals surface area (Å²) in [6.45, 7) is 4.68. The molecule has 0 aliphatic carbocycles. The van der Waals surface area contributed by atoms with Gasteiger partial charge in [0, 0.05) is 6.54 Å². The quantitative estimate of drug-likeness (QED) is 0.734. The van der Waals surface area contributed by atoms with Crippen LogP contribution in [0.4, 0.5) is 0 Å². The van der Waals surface area contributed by atoms with Crippen LogP contribution in [0.15, 0.2) is 47.4 Å². The lowest BCUT2D eigenvalue weighted by Gasteiger charge is -2.12. The van der Waals surface area contributed by atoms with Gasteiger partial charge in [-0.25, -0.2) is 18.1 Å². The number of benzene rings is 2. The molecule has 1 N–H and O–H groups in total. The monoisotopic (exact) mass is 359 g/mol. The highest BCUT2D eigenvalue weighted by atomic mass is 32.2. The van der Waals surface area contributed by atoms with E-state index in [4.69, 9.17) is 4.74 Å². The van der Waals surface area contributed by atoms with E-state index in [-0.39, 0.29) is 11.4 Å². The summed E-state index contributed by atoms with van der Waals surface area (Å²) >= 11 is 0. The van der Waals surface area contributed by atoms with Crippen LogP contribution in [-0.4, -0.2) is 25.1 Å². The largest absolute Gasteiger partial charge is 0.495 e. The minimum atomic E-state index is -3.71. The number of para-hydroxylation sites is 2. The van der Waals surface area contributed by atoms with Crippen LogP contribution in [0.25, 0.3) is 11.0 Å². The van der Waals surface area contributed by atoms with Gasteiger partial charge in [-0.3, -0.25) is 0 Å². The summed E-state index contributed by atoms with van der Waals surface area (Å²) in [4.78, 5) is 4.68. The molecule has 2 aromatic carbocycles. The maximum absolute atomic E-state index is 12.7. The van der Waals surface area contributed by atoms with Gasteiger partial charge in [0.1, 0.15) is 16.5 Å². The summed E-state index contributed by atoms with van der Waals surface area (Å²) in [5, 5.41) is 0. The van der Waals surface area contributed by atoms with E-state index in [0.29, 0.717) is 18.1 Å². The normalized spacial score (nSPS) is 11.8. The van der Waals surface area contributed by atoms with Crippen molar-refractivity contribution in [3.8, 4) is 5.75 Å². The van der Waals surface area contributed by atoms with Crippen molar-refractivity contribution in [2.75, 3.05) is 7.11 Å². The lowest BCUT2D eigenvalue weighted by atomic mass is 10.2. The van der Waals surface area contributed by atoms with E-state index < -0.39 is 10.0 Å². The standard InChI is InChI=1S/C18H21N3O3S/c1-4-21-15-8-6-5-7-14(15)20-18(21)12-19-25(22,23)17-11-13(2)9-10-16(17)24-3/h5-11,19H,4,12H2,1-3H3. The Morgan fingerprint density at radius 3 is 2.68 bits per heavy atom. The fourth-order valence-electron chi connectivity index (χ4n) is 2.84. The van der Waals surface area contributed by atoms with E-state index in [9.17, 15) is 8.42 Å². The van der Waals surface area contributed by atoms with Gasteiger partial charge >= 0.3 is 0 Å². The molecule has 0 saturated carbocycles. The Kier molecular flexibility index (Phi) is 4.78. The van der Waals surface area contributed by atoms with Crippen molar-refractivity contribution in [1.82, 2.24) is 14.3 Å². The summed E-state index contributed by atoms with van der Waals surface area (Å²) < 4.78 is 35.3. The fraction of sp³-hybridized carbons (Fsp3) is 0.278. The van der Waals surface area contributed by atoms with Gasteiger partial charge in [-0.1, -0.05) is 18.2 Å². The Hall–Kier alpha value is -2.38. The Balaban J connectivity index is 1.92. The highest BCUT2D eigenvalue weighted by molar-refractivity contribution is 7.89. The Labute approximate surface area is 147 Å². The second kappa shape index (κ2) is 6.85. The second-order valence-corrected chi connectivity index (χ2v) is 7.48. The number of fused-ring (bicyclic) bond motifs is 1. The molecule has 0 aliphatic heterocycles. The van der Waals surface area contributed by atoms with Gasteiger partial charge in [0.2, 0.25) is 10.0 Å². The topological polar surface area (TPSA) is 73.2 Å². The Morgan fingerprint density at radius 1 is 1.20 bits per heavy atom. The summed E-state index contributed by atoms with van der Waals surface area (Å²) in [6, 6.07) is 12.8. The van der Waals surface area contributed by atoms with E-state index in [1.807, 2.05) is 48.7 Å². The van der Waals surface area contributed by atoms with Gasteiger partial charge in [-0.05, 0) is 43.7 Å².